The third kappa shape index (κ3) is 2.81. The average Bonchev–Trinajstić information content (AvgIpc) is 2.55. The van der Waals surface area contributed by atoms with Crippen molar-refractivity contribution in [2.45, 2.75) is 0 Å². The topological polar surface area (TPSA) is 67.9 Å². The van der Waals surface area contributed by atoms with Gasteiger partial charge in [-0.2, -0.15) is 4.98 Å². The zero-order valence-electron chi connectivity index (χ0n) is 11.4. The van der Waals surface area contributed by atoms with E-state index in [9.17, 15) is 4.79 Å². The molecule has 0 fully saturated rings. The predicted molar refractivity (Wildman–Crippen MR) is 80.1 cm³/mol. The molecule has 21 heavy (non-hydrogen) atoms. The van der Waals surface area contributed by atoms with Crippen LogP contribution in [0.1, 0.15) is 0 Å². The number of pyridine rings is 1. The molecule has 3 aromatic rings. The number of rotatable bonds is 3. The van der Waals surface area contributed by atoms with Gasteiger partial charge in [-0.25, -0.2) is 4.79 Å². The number of aromatic amines is 1. The Bertz CT molecular complexity index is 796. The van der Waals surface area contributed by atoms with Gasteiger partial charge in [0.15, 0.2) is 0 Å². The van der Waals surface area contributed by atoms with Crippen molar-refractivity contribution >= 4 is 0 Å². The van der Waals surface area contributed by atoms with Crippen LogP contribution in [0.15, 0.2) is 59.5 Å². The van der Waals surface area contributed by atoms with Crippen molar-refractivity contribution < 1.29 is 4.74 Å². The van der Waals surface area contributed by atoms with Crippen LogP contribution in [0, 0.1) is 0 Å². The summed E-state index contributed by atoms with van der Waals surface area (Å²) in [5.41, 5.74) is 2.39. The minimum Gasteiger partial charge on any atom is -0.497 e. The van der Waals surface area contributed by atoms with Crippen LogP contribution >= 0.6 is 0 Å². The number of hydrogen-bond donors (Lipinski definition) is 1. The maximum absolute atomic E-state index is 11.8. The maximum atomic E-state index is 11.8. The van der Waals surface area contributed by atoms with E-state index in [1.165, 1.54) is 0 Å². The Kier molecular flexibility index (Phi) is 3.47. The summed E-state index contributed by atoms with van der Waals surface area (Å²) in [5.74, 6) is 0.758. The standard InChI is InChI=1S/C16H13N3O2/c1-21-12-7-5-11(6-8-12)14-10-15(19-16(20)18-14)13-4-2-3-9-17-13/h2-10H,1H3,(H,18,19,20). The van der Waals surface area contributed by atoms with Crippen molar-refractivity contribution in [1.29, 1.82) is 0 Å². The summed E-state index contributed by atoms with van der Waals surface area (Å²) in [4.78, 5) is 22.7. The molecule has 3 rings (SSSR count). The van der Waals surface area contributed by atoms with E-state index in [0.717, 1.165) is 11.3 Å². The SMILES string of the molecule is COc1ccc(-c2cc(-c3ccccn3)[nH]c(=O)n2)cc1. The summed E-state index contributed by atoms with van der Waals surface area (Å²) in [6.45, 7) is 0. The summed E-state index contributed by atoms with van der Waals surface area (Å²) in [7, 11) is 1.61. The summed E-state index contributed by atoms with van der Waals surface area (Å²) in [5, 5.41) is 0. The normalized spacial score (nSPS) is 10.3. The smallest absolute Gasteiger partial charge is 0.346 e. The minimum absolute atomic E-state index is 0.399. The van der Waals surface area contributed by atoms with E-state index in [0.29, 0.717) is 17.1 Å². The van der Waals surface area contributed by atoms with Crippen LogP contribution in [0.2, 0.25) is 0 Å². The molecule has 0 saturated carbocycles. The molecule has 1 aromatic carbocycles. The maximum Gasteiger partial charge on any atom is 0.346 e. The van der Waals surface area contributed by atoms with E-state index in [1.807, 2.05) is 48.5 Å². The number of ether oxygens (including phenoxy) is 1. The Hall–Kier alpha value is -2.95. The molecule has 5 heteroatoms. The summed E-state index contributed by atoms with van der Waals surface area (Å²) < 4.78 is 5.12. The lowest BCUT2D eigenvalue weighted by Crippen LogP contribution is -2.12. The quantitative estimate of drug-likeness (QED) is 0.800. The number of aromatic nitrogens is 3. The molecule has 0 saturated heterocycles. The number of methoxy groups -OCH3 is 1. The van der Waals surface area contributed by atoms with Gasteiger partial charge in [-0.3, -0.25) is 4.98 Å². The number of hydrogen-bond acceptors (Lipinski definition) is 4. The lowest BCUT2D eigenvalue weighted by Gasteiger charge is -2.05. The van der Waals surface area contributed by atoms with E-state index in [1.54, 1.807) is 13.3 Å². The van der Waals surface area contributed by atoms with E-state index in [4.69, 9.17) is 4.74 Å². The van der Waals surface area contributed by atoms with Crippen molar-refractivity contribution in [3.63, 3.8) is 0 Å². The summed E-state index contributed by atoms with van der Waals surface area (Å²) in [6, 6.07) is 14.7. The largest absolute Gasteiger partial charge is 0.497 e. The van der Waals surface area contributed by atoms with Gasteiger partial charge < -0.3 is 9.72 Å². The van der Waals surface area contributed by atoms with E-state index in [-0.39, 0.29) is 0 Å². The predicted octanol–water partition coefficient (Wildman–Crippen LogP) is 2.51. The zero-order valence-corrected chi connectivity index (χ0v) is 11.4. The Morgan fingerprint density at radius 1 is 1.05 bits per heavy atom. The van der Waals surface area contributed by atoms with Crippen molar-refractivity contribution in [2.75, 3.05) is 7.11 Å². The molecule has 0 atom stereocenters. The molecule has 0 aliphatic rings. The number of H-pyrrole nitrogens is 1. The highest BCUT2D eigenvalue weighted by Gasteiger charge is 2.06. The summed E-state index contributed by atoms with van der Waals surface area (Å²) in [6.07, 6.45) is 1.68. The third-order valence-electron chi connectivity index (χ3n) is 3.07. The van der Waals surface area contributed by atoms with Gasteiger partial charge in [-0.15, -0.1) is 0 Å². The molecule has 0 aliphatic carbocycles. The average molecular weight is 279 g/mol. The molecular formula is C16H13N3O2. The molecule has 0 amide bonds. The van der Waals surface area contributed by atoms with Gasteiger partial charge in [0, 0.05) is 11.8 Å². The van der Waals surface area contributed by atoms with Crippen LogP contribution in [0.3, 0.4) is 0 Å². The molecule has 1 N–H and O–H groups in total. The molecule has 104 valence electrons. The summed E-state index contributed by atoms with van der Waals surface area (Å²) >= 11 is 0. The Labute approximate surface area is 121 Å². The van der Waals surface area contributed by atoms with Gasteiger partial charge in [0.1, 0.15) is 5.75 Å². The monoisotopic (exact) mass is 279 g/mol. The van der Waals surface area contributed by atoms with Gasteiger partial charge in [-0.05, 0) is 42.5 Å². The van der Waals surface area contributed by atoms with Crippen LogP contribution in [0.5, 0.6) is 5.75 Å². The first-order chi connectivity index (χ1) is 10.3. The van der Waals surface area contributed by atoms with Crippen molar-refractivity contribution in [2.24, 2.45) is 0 Å². The zero-order chi connectivity index (χ0) is 14.7. The Balaban J connectivity index is 2.07. The second-order valence-electron chi connectivity index (χ2n) is 4.43. The molecule has 5 nitrogen and oxygen atoms in total. The first-order valence-electron chi connectivity index (χ1n) is 6.43. The van der Waals surface area contributed by atoms with Crippen molar-refractivity contribution in [3.05, 3.63) is 65.2 Å². The molecule has 0 bridgehead atoms. The first kappa shape index (κ1) is 13.1. The number of nitrogens with one attached hydrogen (secondary N) is 1. The molecule has 2 aromatic heterocycles. The highest BCUT2D eigenvalue weighted by Crippen LogP contribution is 2.22. The van der Waals surface area contributed by atoms with Crippen molar-refractivity contribution in [1.82, 2.24) is 15.0 Å². The fourth-order valence-electron chi connectivity index (χ4n) is 2.03. The van der Waals surface area contributed by atoms with Gasteiger partial charge in [0.25, 0.3) is 0 Å². The van der Waals surface area contributed by atoms with E-state index in [2.05, 4.69) is 15.0 Å². The molecule has 0 aliphatic heterocycles. The van der Waals surface area contributed by atoms with Crippen LogP contribution in [-0.2, 0) is 0 Å². The van der Waals surface area contributed by atoms with Crippen LogP contribution in [0.25, 0.3) is 22.6 Å². The minimum atomic E-state index is -0.399. The highest BCUT2D eigenvalue weighted by molar-refractivity contribution is 5.65. The fourth-order valence-corrected chi connectivity index (χ4v) is 2.03. The van der Waals surface area contributed by atoms with E-state index < -0.39 is 5.69 Å². The fraction of sp³-hybridized carbons (Fsp3) is 0.0625. The lowest BCUT2D eigenvalue weighted by molar-refractivity contribution is 0.415. The number of benzene rings is 1. The van der Waals surface area contributed by atoms with E-state index >= 15 is 0 Å². The Morgan fingerprint density at radius 2 is 1.86 bits per heavy atom. The molecule has 0 unspecified atom stereocenters. The van der Waals surface area contributed by atoms with Gasteiger partial charge >= 0.3 is 5.69 Å². The van der Waals surface area contributed by atoms with Crippen LogP contribution in [0.4, 0.5) is 0 Å². The van der Waals surface area contributed by atoms with Crippen LogP contribution in [-0.4, -0.2) is 22.1 Å². The third-order valence-corrected chi connectivity index (χ3v) is 3.07. The second-order valence-corrected chi connectivity index (χ2v) is 4.43. The van der Waals surface area contributed by atoms with Crippen LogP contribution < -0.4 is 10.4 Å². The highest BCUT2D eigenvalue weighted by atomic mass is 16.5. The van der Waals surface area contributed by atoms with Crippen molar-refractivity contribution in [3.8, 4) is 28.4 Å². The Morgan fingerprint density at radius 3 is 2.52 bits per heavy atom. The second kappa shape index (κ2) is 5.58. The molecule has 0 spiro atoms. The van der Waals surface area contributed by atoms with Gasteiger partial charge in [0.2, 0.25) is 0 Å². The molecule has 2 heterocycles. The first-order valence-corrected chi connectivity index (χ1v) is 6.43. The molecule has 0 radical (unpaired) electrons. The van der Waals surface area contributed by atoms with Gasteiger partial charge in [-0.1, -0.05) is 6.07 Å². The van der Waals surface area contributed by atoms with Gasteiger partial charge in [0.05, 0.1) is 24.2 Å². The lowest BCUT2D eigenvalue weighted by atomic mass is 10.1. The number of nitrogens with zero attached hydrogens (tertiary/aromatic N) is 2. The molecular weight excluding hydrogens is 266 g/mol.